The molecule has 1 fully saturated rings. The Kier molecular flexibility index (Phi) is 3.75. The number of piperidine rings is 1. The Bertz CT molecular complexity index is 785. The number of fused-ring (bicyclic) bond motifs is 1. The van der Waals surface area contributed by atoms with E-state index >= 15 is 0 Å². The van der Waals surface area contributed by atoms with Gasteiger partial charge in [0.1, 0.15) is 24.0 Å². The first-order chi connectivity index (χ1) is 11.3. The average molecular weight is 311 g/mol. The van der Waals surface area contributed by atoms with E-state index < -0.39 is 0 Å². The number of nitrogens with zero attached hydrogens (tertiary/aromatic N) is 4. The number of hydrogen-bond acceptors (Lipinski definition) is 4. The van der Waals surface area contributed by atoms with Crippen molar-refractivity contribution in [2.45, 2.75) is 25.5 Å². The van der Waals surface area contributed by atoms with Crippen LogP contribution >= 0.6 is 0 Å². The van der Waals surface area contributed by atoms with Crippen molar-refractivity contribution in [1.82, 2.24) is 24.6 Å². The molecule has 0 saturated carbocycles. The van der Waals surface area contributed by atoms with Gasteiger partial charge in [0, 0.05) is 37.2 Å². The zero-order valence-corrected chi connectivity index (χ0v) is 13.3. The Hall–Kier alpha value is -2.34. The minimum absolute atomic E-state index is 0.284. The first-order valence-corrected chi connectivity index (χ1v) is 8.07. The van der Waals surface area contributed by atoms with Gasteiger partial charge >= 0.3 is 0 Å². The maximum Gasteiger partial charge on any atom is 0.146 e. The van der Waals surface area contributed by atoms with Gasteiger partial charge in [-0.3, -0.25) is 4.90 Å². The highest BCUT2D eigenvalue weighted by atomic mass is 16.5. The fourth-order valence-electron chi connectivity index (χ4n) is 3.17. The van der Waals surface area contributed by atoms with E-state index in [0.717, 1.165) is 55.0 Å². The van der Waals surface area contributed by atoms with Crippen LogP contribution in [0.1, 0.15) is 18.7 Å². The lowest BCUT2D eigenvalue weighted by Gasteiger charge is -2.31. The van der Waals surface area contributed by atoms with Gasteiger partial charge in [-0.15, -0.1) is 10.2 Å². The van der Waals surface area contributed by atoms with Gasteiger partial charge < -0.3 is 14.3 Å². The summed E-state index contributed by atoms with van der Waals surface area (Å²) in [6.07, 6.45) is 6.08. The largest absolute Gasteiger partial charge is 0.490 e. The topological polar surface area (TPSA) is 59.0 Å². The minimum atomic E-state index is 0.284. The second-order valence-corrected chi connectivity index (χ2v) is 6.15. The van der Waals surface area contributed by atoms with Crippen LogP contribution in [0.15, 0.2) is 36.8 Å². The lowest BCUT2D eigenvalue weighted by Crippen LogP contribution is -2.38. The summed E-state index contributed by atoms with van der Waals surface area (Å²) in [6, 6.07) is 8.25. The summed E-state index contributed by atoms with van der Waals surface area (Å²) in [6.45, 7) is 2.91. The van der Waals surface area contributed by atoms with E-state index in [0.29, 0.717) is 0 Å². The zero-order valence-electron chi connectivity index (χ0n) is 13.3. The van der Waals surface area contributed by atoms with Crippen molar-refractivity contribution in [3.8, 4) is 5.75 Å². The molecule has 1 aliphatic rings. The maximum atomic E-state index is 6.25. The van der Waals surface area contributed by atoms with E-state index in [1.54, 1.807) is 6.33 Å². The number of nitrogens with one attached hydrogen (secondary N) is 1. The molecule has 0 spiro atoms. The van der Waals surface area contributed by atoms with Gasteiger partial charge in [-0.2, -0.15) is 0 Å². The number of aryl methyl sites for hydroxylation is 1. The molecule has 1 N–H and O–H groups in total. The summed E-state index contributed by atoms with van der Waals surface area (Å²) in [5.41, 5.74) is 1.13. The van der Waals surface area contributed by atoms with Crippen LogP contribution in [0.4, 0.5) is 0 Å². The Labute approximate surface area is 135 Å². The van der Waals surface area contributed by atoms with Gasteiger partial charge in [0.2, 0.25) is 0 Å². The van der Waals surface area contributed by atoms with Gasteiger partial charge in [0.15, 0.2) is 0 Å². The number of likely N-dealkylation sites (tertiary alicyclic amines) is 1. The third-order valence-corrected chi connectivity index (χ3v) is 4.55. The second-order valence-electron chi connectivity index (χ2n) is 6.15. The summed E-state index contributed by atoms with van der Waals surface area (Å²) in [4.78, 5) is 5.65. The minimum Gasteiger partial charge on any atom is -0.490 e. The molecule has 120 valence electrons. The van der Waals surface area contributed by atoms with Crippen molar-refractivity contribution in [2.24, 2.45) is 7.05 Å². The monoisotopic (exact) mass is 311 g/mol. The van der Waals surface area contributed by atoms with Crippen molar-refractivity contribution in [3.05, 3.63) is 42.6 Å². The van der Waals surface area contributed by atoms with E-state index in [4.69, 9.17) is 4.74 Å². The van der Waals surface area contributed by atoms with E-state index in [-0.39, 0.29) is 6.10 Å². The molecule has 4 rings (SSSR count). The van der Waals surface area contributed by atoms with E-state index in [1.807, 2.05) is 23.9 Å². The van der Waals surface area contributed by atoms with Crippen LogP contribution in [0.2, 0.25) is 0 Å². The maximum absolute atomic E-state index is 6.25. The summed E-state index contributed by atoms with van der Waals surface area (Å²) in [5, 5.41) is 9.26. The Morgan fingerprint density at radius 1 is 1.26 bits per heavy atom. The molecule has 0 aliphatic carbocycles. The molecular formula is C17H21N5O. The smallest absolute Gasteiger partial charge is 0.146 e. The molecule has 0 bridgehead atoms. The molecular weight excluding hydrogens is 290 g/mol. The normalized spacial score (nSPS) is 16.9. The highest BCUT2D eigenvalue weighted by molar-refractivity contribution is 5.85. The molecule has 6 heteroatoms. The van der Waals surface area contributed by atoms with Crippen molar-refractivity contribution in [2.75, 3.05) is 13.1 Å². The van der Waals surface area contributed by atoms with Crippen molar-refractivity contribution in [1.29, 1.82) is 0 Å². The quantitative estimate of drug-likeness (QED) is 0.803. The lowest BCUT2D eigenvalue weighted by molar-refractivity contribution is 0.0960. The SMILES string of the molecule is Cn1cnnc1CN1CCC(Oc2cccc3[nH]ccc23)CC1. The predicted octanol–water partition coefficient (Wildman–Crippen LogP) is 2.34. The van der Waals surface area contributed by atoms with Gasteiger partial charge in [-0.1, -0.05) is 6.07 Å². The first kappa shape index (κ1) is 14.3. The van der Waals surface area contributed by atoms with Gasteiger partial charge in [0.05, 0.1) is 6.54 Å². The van der Waals surface area contributed by atoms with Crippen LogP contribution in [0.25, 0.3) is 10.9 Å². The molecule has 0 radical (unpaired) electrons. The Morgan fingerprint density at radius 3 is 2.91 bits per heavy atom. The molecule has 3 aromatic rings. The number of ether oxygens (including phenoxy) is 1. The third kappa shape index (κ3) is 2.94. The van der Waals surface area contributed by atoms with Gasteiger partial charge in [0.25, 0.3) is 0 Å². The van der Waals surface area contributed by atoms with Crippen LogP contribution < -0.4 is 4.74 Å². The fourth-order valence-corrected chi connectivity index (χ4v) is 3.17. The molecule has 0 atom stereocenters. The molecule has 1 saturated heterocycles. The standard InChI is InChI=1S/C17H21N5O/c1-21-12-19-20-17(21)11-22-9-6-13(7-10-22)23-16-4-2-3-15-14(16)5-8-18-15/h2-5,8,12-13,18H,6-7,9-11H2,1H3. The number of benzene rings is 1. The van der Waals surface area contributed by atoms with Crippen LogP contribution in [0, 0.1) is 0 Å². The third-order valence-electron chi connectivity index (χ3n) is 4.55. The molecule has 2 aromatic heterocycles. The summed E-state index contributed by atoms with van der Waals surface area (Å²) in [5.74, 6) is 2.00. The predicted molar refractivity (Wildman–Crippen MR) is 88.2 cm³/mol. The summed E-state index contributed by atoms with van der Waals surface area (Å²) >= 11 is 0. The highest BCUT2D eigenvalue weighted by Crippen LogP contribution is 2.27. The number of aromatic amines is 1. The molecule has 1 aliphatic heterocycles. The van der Waals surface area contributed by atoms with Crippen LogP contribution in [0.5, 0.6) is 5.75 Å². The highest BCUT2D eigenvalue weighted by Gasteiger charge is 2.22. The average Bonchev–Trinajstić information content (AvgIpc) is 3.19. The number of H-pyrrole nitrogens is 1. The van der Waals surface area contributed by atoms with E-state index in [9.17, 15) is 0 Å². The lowest BCUT2D eigenvalue weighted by atomic mass is 10.1. The Morgan fingerprint density at radius 2 is 2.13 bits per heavy atom. The molecule has 1 aromatic carbocycles. The van der Waals surface area contributed by atoms with Crippen LogP contribution in [0.3, 0.4) is 0 Å². The van der Waals surface area contributed by atoms with E-state index in [2.05, 4.69) is 38.3 Å². The van der Waals surface area contributed by atoms with Crippen LogP contribution in [-0.4, -0.2) is 43.8 Å². The van der Waals surface area contributed by atoms with Gasteiger partial charge in [-0.05, 0) is 31.0 Å². The second kappa shape index (κ2) is 6.04. The molecule has 6 nitrogen and oxygen atoms in total. The van der Waals surface area contributed by atoms with Crippen LogP contribution in [-0.2, 0) is 13.6 Å². The molecule has 23 heavy (non-hydrogen) atoms. The molecule has 0 amide bonds. The fraction of sp³-hybridized carbons (Fsp3) is 0.412. The summed E-state index contributed by atoms with van der Waals surface area (Å²) in [7, 11) is 1.99. The van der Waals surface area contributed by atoms with Crippen molar-refractivity contribution < 1.29 is 4.74 Å². The van der Waals surface area contributed by atoms with Crippen molar-refractivity contribution in [3.63, 3.8) is 0 Å². The van der Waals surface area contributed by atoms with E-state index in [1.165, 1.54) is 0 Å². The summed E-state index contributed by atoms with van der Waals surface area (Å²) < 4.78 is 8.24. The number of hydrogen-bond donors (Lipinski definition) is 1. The molecule has 3 heterocycles. The molecule has 0 unspecified atom stereocenters. The van der Waals surface area contributed by atoms with Crippen molar-refractivity contribution >= 4 is 10.9 Å². The number of rotatable bonds is 4. The Balaban J connectivity index is 1.36. The number of aromatic nitrogens is 4. The first-order valence-electron chi connectivity index (χ1n) is 8.07. The van der Waals surface area contributed by atoms with Gasteiger partial charge in [-0.25, -0.2) is 0 Å². The zero-order chi connectivity index (χ0) is 15.6.